The number of carbonyl (C=O) groups excluding carboxylic acids is 1. The first-order valence-electron chi connectivity index (χ1n) is 6.58. The van der Waals surface area contributed by atoms with Gasteiger partial charge in [-0.3, -0.25) is 4.40 Å². The lowest BCUT2D eigenvalue weighted by Gasteiger charge is -2.03. The lowest BCUT2D eigenvalue weighted by Crippen LogP contribution is -2.05. The molecule has 0 bridgehead atoms. The Kier molecular flexibility index (Phi) is 3.96. The monoisotopic (exact) mass is 302 g/mol. The van der Waals surface area contributed by atoms with Crippen molar-refractivity contribution in [3.63, 3.8) is 0 Å². The van der Waals surface area contributed by atoms with Crippen molar-refractivity contribution in [1.82, 2.24) is 9.38 Å². The van der Waals surface area contributed by atoms with Crippen LogP contribution >= 0.6 is 11.8 Å². The van der Waals surface area contributed by atoms with Crippen LogP contribution in [-0.4, -0.2) is 22.0 Å². The van der Waals surface area contributed by atoms with E-state index in [1.165, 1.54) is 18.0 Å². The number of fused-ring (bicyclic) bond motifs is 1. The third-order valence-corrected chi connectivity index (χ3v) is 3.94. The summed E-state index contributed by atoms with van der Waals surface area (Å²) in [4.78, 5) is 16.2. The Bertz CT molecular complexity index is 763. The number of hydrogen-bond donors (Lipinski definition) is 0. The Balaban J connectivity index is 1.76. The maximum absolute atomic E-state index is 11.8. The fourth-order valence-electron chi connectivity index (χ4n) is 2.00. The van der Waals surface area contributed by atoms with Gasteiger partial charge in [-0.25, -0.2) is 9.78 Å². The van der Waals surface area contributed by atoms with Crippen LogP contribution in [0.2, 0.25) is 0 Å². The van der Waals surface area contributed by atoms with Gasteiger partial charge in [-0.2, -0.15) is 0 Å². The van der Waals surface area contributed by atoms with Crippen molar-refractivity contribution >= 4 is 23.2 Å². The van der Waals surface area contributed by atoms with Crippen LogP contribution in [0.25, 0.3) is 5.52 Å². The standard InChI is InChI=1S/C15H14N2O3S/c1-2-19-14(18)12-6-8-20-13(12)10-21-15-16-9-11-5-3-4-7-17(11)15/h3-9H,2,10H2,1H3. The van der Waals surface area contributed by atoms with E-state index in [2.05, 4.69) is 4.98 Å². The molecular weight excluding hydrogens is 288 g/mol. The highest BCUT2D eigenvalue weighted by atomic mass is 32.2. The summed E-state index contributed by atoms with van der Waals surface area (Å²) in [5, 5.41) is 0.858. The van der Waals surface area contributed by atoms with Gasteiger partial charge in [0.15, 0.2) is 5.16 Å². The summed E-state index contributed by atoms with van der Waals surface area (Å²) in [7, 11) is 0. The SMILES string of the molecule is CCOC(=O)c1ccoc1CSc1ncc2ccccn12. The summed E-state index contributed by atoms with van der Waals surface area (Å²) < 4.78 is 12.4. The summed E-state index contributed by atoms with van der Waals surface area (Å²) >= 11 is 1.51. The van der Waals surface area contributed by atoms with Gasteiger partial charge in [0.2, 0.25) is 0 Å². The highest BCUT2D eigenvalue weighted by Crippen LogP contribution is 2.25. The second-order valence-corrected chi connectivity index (χ2v) is 5.25. The lowest BCUT2D eigenvalue weighted by atomic mass is 10.3. The van der Waals surface area contributed by atoms with E-state index in [0.717, 1.165) is 10.7 Å². The number of nitrogens with zero attached hydrogens (tertiary/aromatic N) is 2. The fourth-order valence-corrected chi connectivity index (χ4v) is 2.92. The van der Waals surface area contributed by atoms with Gasteiger partial charge in [-0.1, -0.05) is 17.8 Å². The zero-order valence-electron chi connectivity index (χ0n) is 11.5. The zero-order valence-corrected chi connectivity index (χ0v) is 12.3. The van der Waals surface area contributed by atoms with E-state index >= 15 is 0 Å². The molecule has 21 heavy (non-hydrogen) atoms. The molecule has 0 radical (unpaired) electrons. The molecule has 3 aromatic heterocycles. The second-order valence-electron chi connectivity index (χ2n) is 4.30. The van der Waals surface area contributed by atoms with Gasteiger partial charge in [0.1, 0.15) is 11.3 Å². The van der Waals surface area contributed by atoms with E-state index in [9.17, 15) is 4.79 Å². The molecule has 0 aliphatic heterocycles. The van der Waals surface area contributed by atoms with Crippen LogP contribution in [-0.2, 0) is 10.5 Å². The number of carbonyl (C=O) groups is 1. The number of furan rings is 1. The van der Waals surface area contributed by atoms with Crippen LogP contribution in [0.5, 0.6) is 0 Å². The summed E-state index contributed by atoms with van der Waals surface area (Å²) in [6.45, 7) is 2.13. The Labute approximate surface area is 125 Å². The van der Waals surface area contributed by atoms with Gasteiger partial charge >= 0.3 is 5.97 Å². The lowest BCUT2D eigenvalue weighted by molar-refractivity contribution is 0.0524. The quantitative estimate of drug-likeness (QED) is 0.534. The van der Waals surface area contributed by atoms with Gasteiger partial charge in [0.25, 0.3) is 0 Å². The maximum Gasteiger partial charge on any atom is 0.341 e. The van der Waals surface area contributed by atoms with Crippen LogP contribution in [0.1, 0.15) is 23.0 Å². The minimum atomic E-state index is -0.352. The van der Waals surface area contributed by atoms with Crippen molar-refractivity contribution in [1.29, 1.82) is 0 Å². The molecule has 0 atom stereocenters. The average Bonchev–Trinajstić information content (AvgIpc) is 3.12. The topological polar surface area (TPSA) is 56.7 Å². The van der Waals surface area contributed by atoms with Crippen LogP contribution < -0.4 is 0 Å². The number of imidazole rings is 1. The third-order valence-electron chi connectivity index (χ3n) is 2.98. The van der Waals surface area contributed by atoms with E-state index in [4.69, 9.17) is 9.15 Å². The predicted octanol–water partition coefficient (Wildman–Crippen LogP) is 3.40. The van der Waals surface area contributed by atoms with Crippen molar-refractivity contribution in [2.24, 2.45) is 0 Å². The van der Waals surface area contributed by atoms with Crippen molar-refractivity contribution in [3.8, 4) is 0 Å². The molecule has 5 nitrogen and oxygen atoms in total. The van der Waals surface area contributed by atoms with Gasteiger partial charge < -0.3 is 9.15 Å². The van der Waals surface area contributed by atoms with E-state index in [1.54, 1.807) is 13.0 Å². The van der Waals surface area contributed by atoms with Gasteiger partial charge in [-0.15, -0.1) is 0 Å². The fraction of sp³-hybridized carbons (Fsp3) is 0.200. The molecule has 0 saturated heterocycles. The minimum Gasteiger partial charge on any atom is -0.468 e. The number of thioether (sulfide) groups is 1. The summed E-state index contributed by atoms with van der Waals surface area (Å²) in [5.41, 5.74) is 1.51. The number of hydrogen-bond acceptors (Lipinski definition) is 5. The number of ether oxygens (including phenoxy) is 1. The van der Waals surface area contributed by atoms with Gasteiger partial charge in [0, 0.05) is 6.20 Å². The Morgan fingerprint density at radius 1 is 1.43 bits per heavy atom. The van der Waals surface area contributed by atoms with Crippen molar-refractivity contribution in [2.45, 2.75) is 17.8 Å². The van der Waals surface area contributed by atoms with Crippen molar-refractivity contribution in [3.05, 3.63) is 54.2 Å². The molecular formula is C15H14N2O3S. The van der Waals surface area contributed by atoms with Crippen molar-refractivity contribution in [2.75, 3.05) is 6.61 Å². The molecule has 0 N–H and O–H groups in total. The highest BCUT2D eigenvalue weighted by molar-refractivity contribution is 7.98. The van der Waals surface area contributed by atoms with Crippen LogP contribution in [0.4, 0.5) is 0 Å². The van der Waals surface area contributed by atoms with Crippen LogP contribution in [0, 0.1) is 0 Å². The van der Waals surface area contributed by atoms with Gasteiger partial charge in [0.05, 0.1) is 30.3 Å². The van der Waals surface area contributed by atoms with E-state index in [-0.39, 0.29) is 5.97 Å². The average molecular weight is 302 g/mol. The third kappa shape index (κ3) is 2.80. The predicted molar refractivity (Wildman–Crippen MR) is 79.4 cm³/mol. The molecule has 0 aromatic carbocycles. The Morgan fingerprint density at radius 2 is 2.33 bits per heavy atom. The largest absolute Gasteiger partial charge is 0.468 e. The maximum atomic E-state index is 11.8. The number of esters is 1. The molecule has 0 saturated carbocycles. The zero-order chi connectivity index (χ0) is 14.7. The second kappa shape index (κ2) is 6.05. The number of rotatable bonds is 5. The molecule has 6 heteroatoms. The smallest absolute Gasteiger partial charge is 0.341 e. The first-order chi connectivity index (χ1) is 10.3. The molecule has 108 valence electrons. The van der Waals surface area contributed by atoms with E-state index in [1.807, 2.05) is 35.0 Å². The molecule has 0 fully saturated rings. The molecule has 0 amide bonds. The van der Waals surface area contributed by atoms with Crippen LogP contribution in [0.3, 0.4) is 0 Å². The molecule has 3 aromatic rings. The summed E-state index contributed by atoms with van der Waals surface area (Å²) in [6, 6.07) is 7.55. The van der Waals surface area contributed by atoms with Crippen molar-refractivity contribution < 1.29 is 13.9 Å². The molecule has 3 rings (SSSR count). The molecule has 0 unspecified atom stereocenters. The summed E-state index contributed by atoms with van der Waals surface area (Å²) in [5.74, 6) is 0.774. The van der Waals surface area contributed by atoms with E-state index < -0.39 is 0 Å². The van der Waals surface area contributed by atoms with E-state index in [0.29, 0.717) is 23.7 Å². The normalized spacial score (nSPS) is 10.9. The minimum absolute atomic E-state index is 0.349. The molecule has 0 aliphatic rings. The first-order valence-corrected chi connectivity index (χ1v) is 7.56. The highest BCUT2D eigenvalue weighted by Gasteiger charge is 2.16. The Hall–Kier alpha value is -2.21. The van der Waals surface area contributed by atoms with Crippen LogP contribution in [0.15, 0.2) is 52.5 Å². The Morgan fingerprint density at radius 3 is 3.19 bits per heavy atom. The molecule has 3 heterocycles. The van der Waals surface area contributed by atoms with Gasteiger partial charge in [-0.05, 0) is 25.1 Å². The first kappa shape index (κ1) is 13.8. The molecule has 0 aliphatic carbocycles. The summed E-state index contributed by atoms with van der Waals surface area (Å²) in [6.07, 6.45) is 5.28. The number of pyridine rings is 1. The molecule has 0 spiro atoms. The number of aromatic nitrogens is 2.